The van der Waals surface area contributed by atoms with Gasteiger partial charge in [0, 0.05) is 18.7 Å². The SMILES string of the molecule is OC[C@@H]1C[C@@H]2OCC[C@@H]2N1. The molecule has 0 spiro atoms. The Hall–Kier alpha value is -0.120. The summed E-state index contributed by atoms with van der Waals surface area (Å²) in [5.41, 5.74) is 0. The largest absolute Gasteiger partial charge is 0.395 e. The van der Waals surface area contributed by atoms with Gasteiger partial charge in [0.15, 0.2) is 0 Å². The van der Waals surface area contributed by atoms with Crippen LogP contribution in [0.2, 0.25) is 0 Å². The molecule has 2 heterocycles. The number of aliphatic hydroxyl groups is 1. The molecule has 0 saturated carbocycles. The van der Waals surface area contributed by atoms with E-state index < -0.39 is 0 Å². The lowest BCUT2D eigenvalue weighted by molar-refractivity contribution is 0.106. The normalized spacial score (nSPS) is 45.9. The van der Waals surface area contributed by atoms with E-state index in [1.54, 1.807) is 0 Å². The summed E-state index contributed by atoms with van der Waals surface area (Å²) in [7, 11) is 0. The minimum atomic E-state index is 0.246. The summed E-state index contributed by atoms with van der Waals surface area (Å²) < 4.78 is 5.44. The molecule has 3 nitrogen and oxygen atoms in total. The van der Waals surface area contributed by atoms with Crippen LogP contribution in [-0.2, 0) is 4.74 Å². The molecule has 0 radical (unpaired) electrons. The van der Waals surface area contributed by atoms with Gasteiger partial charge in [0.2, 0.25) is 0 Å². The molecule has 0 aromatic rings. The fourth-order valence-electron chi connectivity index (χ4n) is 1.85. The quantitative estimate of drug-likeness (QED) is 0.520. The number of ether oxygens (including phenoxy) is 1. The molecule has 2 rings (SSSR count). The number of hydrogen-bond donors (Lipinski definition) is 2. The second kappa shape index (κ2) is 2.49. The molecule has 2 fully saturated rings. The third kappa shape index (κ3) is 0.944. The molecular formula is C7H13NO2. The average Bonchev–Trinajstić information content (AvgIpc) is 2.42. The van der Waals surface area contributed by atoms with Gasteiger partial charge < -0.3 is 15.2 Å². The summed E-state index contributed by atoms with van der Waals surface area (Å²) in [5.74, 6) is 0. The van der Waals surface area contributed by atoms with E-state index in [4.69, 9.17) is 9.84 Å². The molecule has 0 aliphatic carbocycles. The minimum Gasteiger partial charge on any atom is -0.395 e. The molecule has 0 aromatic carbocycles. The zero-order valence-corrected chi connectivity index (χ0v) is 5.92. The number of hydrogen-bond acceptors (Lipinski definition) is 3. The predicted octanol–water partition coefficient (Wildman–Crippen LogP) is -0.502. The van der Waals surface area contributed by atoms with E-state index in [1.165, 1.54) is 0 Å². The van der Waals surface area contributed by atoms with E-state index in [1.807, 2.05) is 0 Å². The molecule has 3 atom stereocenters. The first-order valence-electron chi connectivity index (χ1n) is 3.88. The second-order valence-corrected chi connectivity index (χ2v) is 3.09. The first kappa shape index (κ1) is 6.58. The van der Waals surface area contributed by atoms with Crippen molar-refractivity contribution in [3.05, 3.63) is 0 Å². The highest BCUT2D eigenvalue weighted by Gasteiger charge is 2.37. The Morgan fingerprint density at radius 2 is 2.50 bits per heavy atom. The van der Waals surface area contributed by atoms with Crippen LogP contribution in [0.3, 0.4) is 0 Å². The molecule has 0 bridgehead atoms. The van der Waals surface area contributed by atoms with Crippen LogP contribution >= 0.6 is 0 Å². The molecule has 2 aliphatic heterocycles. The lowest BCUT2D eigenvalue weighted by Gasteiger charge is -2.07. The van der Waals surface area contributed by atoms with E-state index in [0.717, 1.165) is 19.4 Å². The van der Waals surface area contributed by atoms with E-state index in [0.29, 0.717) is 12.1 Å². The van der Waals surface area contributed by atoms with Crippen molar-refractivity contribution in [3.63, 3.8) is 0 Å². The maximum absolute atomic E-state index is 8.80. The van der Waals surface area contributed by atoms with Gasteiger partial charge in [-0.3, -0.25) is 0 Å². The van der Waals surface area contributed by atoms with Crippen molar-refractivity contribution in [1.29, 1.82) is 0 Å². The highest BCUT2D eigenvalue weighted by atomic mass is 16.5. The molecule has 2 saturated heterocycles. The summed E-state index contributed by atoms with van der Waals surface area (Å²) >= 11 is 0. The molecule has 2 N–H and O–H groups in total. The van der Waals surface area contributed by atoms with Gasteiger partial charge in [-0.1, -0.05) is 0 Å². The van der Waals surface area contributed by atoms with Crippen molar-refractivity contribution < 1.29 is 9.84 Å². The van der Waals surface area contributed by atoms with Crippen molar-refractivity contribution in [2.24, 2.45) is 0 Å². The smallest absolute Gasteiger partial charge is 0.0744 e. The Balaban J connectivity index is 1.94. The Labute approximate surface area is 60.4 Å². The zero-order valence-electron chi connectivity index (χ0n) is 5.92. The summed E-state index contributed by atoms with van der Waals surface area (Å²) in [6, 6.07) is 0.812. The van der Waals surface area contributed by atoms with Crippen LogP contribution in [0.25, 0.3) is 0 Å². The van der Waals surface area contributed by atoms with Gasteiger partial charge in [0.05, 0.1) is 12.7 Å². The lowest BCUT2D eigenvalue weighted by atomic mass is 10.1. The summed E-state index contributed by atoms with van der Waals surface area (Å²) in [6.07, 6.45) is 2.49. The lowest BCUT2D eigenvalue weighted by Crippen LogP contribution is -2.32. The van der Waals surface area contributed by atoms with Crippen LogP contribution in [0.15, 0.2) is 0 Å². The van der Waals surface area contributed by atoms with E-state index >= 15 is 0 Å². The van der Waals surface area contributed by atoms with Crippen molar-refractivity contribution in [3.8, 4) is 0 Å². The molecule has 0 unspecified atom stereocenters. The van der Waals surface area contributed by atoms with Crippen molar-refractivity contribution in [2.45, 2.75) is 31.0 Å². The third-order valence-electron chi connectivity index (χ3n) is 2.40. The van der Waals surface area contributed by atoms with E-state index in [-0.39, 0.29) is 12.6 Å². The molecule has 0 aromatic heterocycles. The molecule has 2 aliphatic rings. The van der Waals surface area contributed by atoms with Gasteiger partial charge >= 0.3 is 0 Å². The maximum Gasteiger partial charge on any atom is 0.0744 e. The van der Waals surface area contributed by atoms with Crippen LogP contribution in [0.4, 0.5) is 0 Å². The Bertz CT molecular complexity index is 117. The van der Waals surface area contributed by atoms with Crippen LogP contribution in [0.1, 0.15) is 12.8 Å². The zero-order chi connectivity index (χ0) is 6.97. The Kier molecular flexibility index (Phi) is 1.64. The van der Waals surface area contributed by atoms with Crippen LogP contribution in [0.5, 0.6) is 0 Å². The highest BCUT2D eigenvalue weighted by Crippen LogP contribution is 2.24. The average molecular weight is 143 g/mol. The van der Waals surface area contributed by atoms with Crippen LogP contribution in [0, 0.1) is 0 Å². The van der Waals surface area contributed by atoms with Gasteiger partial charge in [-0.05, 0) is 12.8 Å². The fourth-order valence-corrected chi connectivity index (χ4v) is 1.85. The first-order valence-corrected chi connectivity index (χ1v) is 3.88. The summed E-state index contributed by atoms with van der Waals surface area (Å²) in [6.45, 7) is 1.14. The number of rotatable bonds is 1. The van der Waals surface area contributed by atoms with Gasteiger partial charge in [-0.25, -0.2) is 0 Å². The Morgan fingerprint density at radius 3 is 3.20 bits per heavy atom. The molecular weight excluding hydrogens is 130 g/mol. The standard InChI is InChI=1S/C7H13NO2/c9-4-5-3-7-6(8-5)1-2-10-7/h5-9H,1-4H2/t5-,6-,7-/m0/s1. The molecule has 58 valence electrons. The number of nitrogens with one attached hydrogen (secondary N) is 1. The van der Waals surface area contributed by atoms with Gasteiger partial charge in [-0.15, -0.1) is 0 Å². The predicted molar refractivity (Wildman–Crippen MR) is 36.8 cm³/mol. The van der Waals surface area contributed by atoms with E-state index in [9.17, 15) is 0 Å². The number of fused-ring (bicyclic) bond motifs is 1. The van der Waals surface area contributed by atoms with Gasteiger partial charge in [-0.2, -0.15) is 0 Å². The van der Waals surface area contributed by atoms with Crippen molar-refractivity contribution in [2.75, 3.05) is 13.2 Å². The summed E-state index contributed by atoms with van der Waals surface area (Å²) in [5, 5.41) is 12.1. The van der Waals surface area contributed by atoms with Crippen LogP contribution < -0.4 is 5.32 Å². The van der Waals surface area contributed by atoms with Gasteiger partial charge in [0.1, 0.15) is 0 Å². The maximum atomic E-state index is 8.80. The summed E-state index contributed by atoms with van der Waals surface area (Å²) in [4.78, 5) is 0. The third-order valence-corrected chi connectivity index (χ3v) is 2.40. The van der Waals surface area contributed by atoms with E-state index in [2.05, 4.69) is 5.32 Å². The number of aliphatic hydroxyl groups excluding tert-OH is 1. The fraction of sp³-hybridized carbons (Fsp3) is 1.00. The topological polar surface area (TPSA) is 41.5 Å². The molecule has 0 amide bonds. The molecule has 3 heteroatoms. The van der Waals surface area contributed by atoms with Gasteiger partial charge in [0.25, 0.3) is 0 Å². The molecule has 10 heavy (non-hydrogen) atoms. The second-order valence-electron chi connectivity index (χ2n) is 3.09. The minimum absolute atomic E-state index is 0.246. The van der Waals surface area contributed by atoms with Crippen molar-refractivity contribution in [1.82, 2.24) is 5.32 Å². The monoisotopic (exact) mass is 143 g/mol. The first-order chi connectivity index (χ1) is 4.90. The van der Waals surface area contributed by atoms with Crippen LogP contribution in [-0.4, -0.2) is 36.5 Å². The van der Waals surface area contributed by atoms with Crippen molar-refractivity contribution >= 4 is 0 Å². The Morgan fingerprint density at radius 1 is 1.60 bits per heavy atom. The highest BCUT2D eigenvalue weighted by molar-refractivity contribution is 4.94.